The molecule has 0 aromatic heterocycles. The molecule has 0 aliphatic carbocycles. The number of aliphatic hydroxyl groups is 1. The zero-order valence-electron chi connectivity index (χ0n) is 11.1. The van der Waals surface area contributed by atoms with Gasteiger partial charge in [0.15, 0.2) is 6.61 Å². The van der Waals surface area contributed by atoms with E-state index in [2.05, 4.69) is 0 Å². The Balaban J connectivity index is 2.41. The molecule has 0 heterocycles. The summed E-state index contributed by atoms with van der Waals surface area (Å²) in [5, 5.41) is 8.76. The molecule has 0 saturated heterocycles. The van der Waals surface area contributed by atoms with Crippen molar-refractivity contribution in [2.75, 3.05) is 26.3 Å². The first kappa shape index (κ1) is 14.5. The van der Waals surface area contributed by atoms with Crippen molar-refractivity contribution >= 4 is 5.91 Å². The van der Waals surface area contributed by atoms with Gasteiger partial charge in [0.2, 0.25) is 0 Å². The molecule has 1 aromatic carbocycles. The Morgan fingerprint density at radius 3 is 2.56 bits per heavy atom. The van der Waals surface area contributed by atoms with Crippen LogP contribution in [-0.4, -0.2) is 42.2 Å². The molecule has 0 bridgehead atoms. The summed E-state index contributed by atoms with van der Waals surface area (Å²) in [6.07, 6.45) is 0.601. The van der Waals surface area contributed by atoms with Gasteiger partial charge in [-0.1, -0.05) is 17.7 Å². The Bertz CT molecular complexity index is 362. The lowest BCUT2D eigenvalue weighted by Gasteiger charge is -2.20. The third-order valence-electron chi connectivity index (χ3n) is 2.70. The molecule has 4 heteroatoms. The summed E-state index contributed by atoms with van der Waals surface area (Å²) in [6, 6.07) is 7.60. The molecule has 1 aromatic rings. The monoisotopic (exact) mass is 251 g/mol. The molecule has 0 aliphatic heterocycles. The minimum Gasteiger partial charge on any atom is -0.484 e. The maximum atomic E-state index is 11.8. The highest BCUT2D eigenvalue weighted by Crippen LogP contribution is 2.11. The lowest BCUT2D eigenvalue weighted by Crippen LogP contribution is -2.35. The first-order valence-electron chi connectivity index (χ1n) is 6.25. The van der Waals surface area contributed by atoms with Crippen LogP contribution in [-0.2, 0) is 4.79 Å². The summed E-state index contributed by atoms with van der Waals surface area (Å²) in [7, 11) is 0. The minimum absolute atomic E-state index is 0.0440. The molecule has 0 saturated carbocycles. The van der Waals surface area contributed by atoms with Gasteiger partial charge in [0.25, 0.3) is 5.91 Å². The molecule has 0 aliphatic rings. The molecular formula is C14H21NO3. The lowest BCUT2D eigenvalue weighted by atomic mass is 10.2. The predicted molar refractivity (Wildman–Crippen MR) is 70.6 cm³/mol. The van der Waals surface area contributed by atoms with Crippen LogP contribution in [0.3, 0.4) is 0 Å². The molecule has 0 atom stereocenters. The molecule has 4 nitrogen and oxygen atoms in total. The van der Waals surface area contributed by atoms with Crippen LogP contribution in [0, 0.1) is 6.92 Å². The standard InChI is InChI=1S/C14H21NO3/c1-3-15(9-4-10-16)14(17)11-18-13-7-5-12(2)6-8-13/h5-8,16H,3-4,9-11H2,1-2H3. The second kappa shape index (κ2) is 7.71. The zero-order chi connectivity index (χ0) is 13.4. The number of hydrogen-bond donors (Lipinski definition) is 1. The second-order valence-electron chi connectivity index (χ2n) is 4.15. The van der Waals surface area contributed by atoms with Crippen LogP contribution in [0.4, 0.5) is 0 Å². The van der Waals surface area contributed by atoms with E-state index in [1.807, 2.05) is 38.1 Å². The largest absolute Gasteiger partial charge is 0.484 e. The van der Waals surface area contributed by atoms with Crippen molar-refractivity contribution < 1.29 is 14.6 Å². The first-order valence-corrected chi connectivity index (χ1v) is 6.25. The van der Waals surface area contributed by atoms with Gasteiger partial charge in [0.05, 0.1) is 0 Å². The summed E-state index contributed by atoms with van der Waals surface area (Å²) >= 11 is 0. The van der Waals surface area contributed by atoms with E-state index >= 15 is 0 Å². The molecule has 0 fully saturated rings. The number of ether oxygens (including phenoxy) is 1. The van der Waals surface area contributed by atoms with Crippen LogP contribution in [0.15, 0.2) is 24.3 Å². The van der Waals surface area contributed by atoms with E-state index in [1.165, 1.54) is 0 Å². The van der Waals surface area contributed by atoms with E-state index in [4.69, 9.17) is 9.84 Å². The van der Waals surface area contributed by atoms with Crippen LogP contribution in [0.1, 0.15) is 18.9 Å². The van der Waals surface area contributed by atoms with Gasteiger partial charge in [-0.25, -0.2) is 0 Å². The number of rotatable bonds is 7. The first-order chi connectivity index (χ1) is 8.67. The highest BCUT2D eigenvalue weighted by atomic mass is 16.5. The second-order valence-corrected chi connectivity index (χ2v) is 4.15. The molecule has 1 amide bonds. The van der Waals surface area contributed by atoms with Crippen LogP contribution in [0.25, 0.3) is 0 Å². The highest BCUT2D eigenvalue weighted by Gasteiger charge is 2.11. The van der Waals surface area contributed by atoms with Gasteiger partial charge in [0, 0.05) is 19.7 Å². The Morgan fingerprint density at radius 2 is 2.00 bits per heavy atom. The molecule has 1 rings (SSSR count). The van der Waals surface area contributed by atoms with Gasteiger partial charge >= 0.3 is 0 Å². The van der Waals surface area contributed by atoms with Gasteiger partial charge in [-0.05, 0) is 32.4 Å². The van der Waals surface area contributed by atoms with E-state index in [1.54, 1.807) is 4.90 Å². The summed E-state index contributed by atoms with van der Waals surface area (Å²) in [6.45, 7) is 5.27. The van der Waals surface area contributed by atoms with Crippen molar-refractivity contribution in [2.24, 2.45) is 0 Å². The van der Waals surface area contributed by atoms with Gasteiger partial charge in [-0.2, -0.15) is 0 Å². The van der Waals surface area contributed by atoms with Crippen LogP contribution in [0.5, 0.6) is 5.75 Å². The molecule has 18 heavy (non-hydrogen) atoms. The number of likely N-dealkylation sites (N-methyl/N-ethyl adjacent to an activating group) is 1. The summed E-state index contributed by atoms with van der Waals surface area (Å²) in [5.74, 6) is 0.652. The van der Waals surface area contributed by atoms with E-state index in [9.17, 15) is 4.79 Å². The number of nitrogens with zero attached hydrogens (tertiary/aromatic N) is 1. The maximum Gasteiger partial charge on any atom is 0.260 e. The fourth-order valence-electron chi connectivity index (χ4n) is 1.59. The fourth-order valence-corrected chi connectivity index (χ4v) is 1.59. The SMILES string of the molecule is CCN(CCCO)C(=O)COc1ccc(C)cc1. The summed E-state index contributed by atoms with van der Waals surface area (Å²) < 4.78 is 5.43. The average Bonchev–Trinajstić information content (AvgIpc) is 2.39. The quantitative estimate of drug-likeness (QED) is 0.801. The molecule has 0 radical (unpaired) electrons. The smallest absolute Gasteiger partial charge is 0.260 e. The number of benzene rings is 1. The van der Waals surface area contributed by atoms with Gasteiger partial charge in [0.1, 0.15) is 5.75 Å². The Labute approximate surface area is 108 Å². The predicted octanol–water partition coefficient (Wildman–Crippen LogP) is 1.60. The van der Waals surface area contributed by atoms with Crippen molar-refractivity contribution in [3.05, 3.63) is 29.8 Å². The minimum atomic E-state index is -0.0495. The van der Waals surface area contributed by atoms with Crippen molar-refractivity contribution in [1.82, 2.24) is 4.90 Å². The topological polar surface area (TPSA) is 49.8 Å². The van der Waals surface area contributed by atoms with Gasteiger partial charge in [-0.3, -0.25) is 4.79 Å². The molecule has 100 valence electrons. The number of carbonyl (C=O) groups is 1. The molecule has 1 N–H and O–H groups in total. The van der Waals surface area contributed by atoms with Crippen LogP contribution < -0.4 is 4.74 Å². The Kier molecular flexibility index (Phi) is 6.22. The zero-order valence-corrected chi connectivity index (χ0v) is 11.1. The van der Waals surface area contributed by atoms with E-state index < -0.39 is 0 Å². The van der Waals surface area contributed by atoms with Crippen molar-refractivity contribution in [3.63, 3.8) is 0 Å². The van der Waals surface area contributed by atoms with Gasteiger partial charge in [-0.15, -0.1) is 0 Å². The van der Waals surface area contributed by atoms with E-state index in [-0.39, 0.29) is 19.1 Å². The highest BCUT2D eigenvalue weighted by molar-refractivity contribution is 5.77. The number of aliphatic hydroxyl groups excluding tert-OH is 1. The van der Waals surface area contributed by atoms with E-state index in [0.717, 1.165) is 5.56 Å². The maximum absolute atomic E-state index is 11.8. The Hall–Kier alpha value is -1.55. The third kappa shape index (κ3) is 4.75. The molecular weight excluding hydrogens is 230 g/mol. The third-order valence-corrected chi connectivity index (χ3v) is 2.70. The number of hydrogen-bond acceptors (Lipinski definition) is 3. The summed E-state index contributed by atoms with van der Waals surface area (Å²) in [5.41, 5.74) is 1.16. The average molecular weight is 251 g/mol. The summed E-state index contributed by atoms with van der Waals surface area (Å²) in [4.78, 5) is 13.5. The normalized spacial score (nSPS) is 10.2. The fraction of sp³-hybridized carbons (Fsp3) is 0.500. The van der Waals surface area contributed by atoms with Crippen molar-refractivity contribution in [1.29, 1.82) is 0 Å². The van der Waals surface area contributed by atoms with Gasteiger partial charge < -0.3 is 14.7 Å². The lowest BCUT2D eigenvalue weighted by molar-refractivity contribution is -0.133. The van der Waals surface area contributed by atoms with Crippen molar-refractivity contribution in [2.45, 2.75) is 20.3 Å². The number of carbonyl (C=O) groups excluding carboxylic acids is 1. The Morgan fingerprint density at radius 1 is 1.33 bits per heavy atom. The molecule has 0 spiro atoms. The van der Waals surface area contributed by atoms with Crippen LogP contribution >= 0.6 is 0 Å². The number of aryl methyl sites for hydroxylation is 1. The molecule has 0 unspecified atom stereocenters. The van der Waals surface area contributed by atoms with Crippen LogP contribution in [0.2, 0.25) is 0 Å². The van der Waals surface area contributed by atoms with E-state index in [0.29, 0.717) is 25.3 Å². The van der Waals surface area contributed by atoms with Crippen molar-refractivity contribution in [3.8, 4) is 5.75 Å². The number of amides is 1.